The molecule has 0 aromatic heterocycles. The number of halogens is 4. The zero-order valence-electron chi connectivity index (χ0n) is 18.1. The smallest absolute Gasteiger partial charge is 0.416 e. The number of nitrogens with zero attached hydrogens (tertiary/aromatic N) is 1. The van der Waals surface area contributed by atoms with E-state index in [1.165, 1.54) is 23.1 Å². The Morgan fingerprint density at radius 2 is 1.94 bits per heavy atom. The molecule has 1 heterocycles. The number of likely N-dealkylation sites (tertiary alicyclic amines) is 1. The molecule has 1 unspecified atom stereocenters. The van der Waals surface area contributed by atoms with Gasteiger partial charge in [0.1, 0.15) is 0 Å². The fraction of sp³-hybridized carbons (Fsp3) is 0.364. The van der Waals surface area contributed by atoms with Crippen molar-refractivity contribution in [2.45, 2.75) is 30.8 Å². The standard InChI is InChI=1S/C22H22ClF3N2O5S/c1-2-33-21(30)15-6-4-10-28(13-15)20(29)14-5-3-7-17(11-14)34(31,32)27-19-12-16(22(24,25)26)8-9-18(19)23/h3,5,7-9,11-12,15,27H,2,4,6,10,13H2,1H3. The average molecular weight is 519 g/mol. The molecule has 12 heteroatoms. The van der Waals surface area contributed by atoms with Crippen LogP contribution in [0.15, 0.2) is 47.4 Å². The Morgan fingerprint density at radius 3 is 2.62 bits per heavy atom. The highest BCUT2D eigenvalue weighted by Crippen LogP contribution is 2.34. The number of ether oxygens (including phenoxy) is 1. The van der Waals surface area contributed by atoms with E-state index in [-0.39, 0.29) is 28.6 Å². The molecule has 0 spiro atoms. The number of hydrogen-bond acceptors (Lipinski definition) is 5. The number of benzene rings is 2. The van der Waals surface area contributed by atoms with Crippen LogP contribution in [0.3, 0.4) is 0 Å². The van der Waals surface area contributed by atoms with Gasteiger partial charge in [0.05, 0.1) is 33.7 Å². The van der Waals surface area contributed by atoms with E-state index in [2.05, 4.69) is 4.72 Å². The van der Waals surface area contributed by atoms with E-state index in [4.69, 9.17) is 16.3 Å². The van der Waals surface area contributed by atoms with Gasteiger partial charge in [-0.15, -0.1) is 0 Å². The molecule has 1 N–H and O–H groups in total. The van der Waals surface area contributed by atoms with Gasteiger partial charge in [-0.1, -0.05) is 17.7 Å². The molecule has 7 nitrogen and oxygen atoms in total. The van der Waals surface area contributed by atoms with Gasteiger partial charge in [0.25, 0.3) is 15.9 Å². The highest BCUT2D eigenvalue weighted by atomic mass is 35.5. The summed E-state index contributed by atoms with van der Waals surface area (Å²) in [6, 6.07) is 7.38. The Hall–Kier alpha value is -2.79. The Bertz CT molecular complexity index is 1190. The van der Waals surface area contributed by atoms with Gasteiger partial charge in [-0.05, 0) is 56.2 Å². The van der Waals surface area contributed by atoms with Crippen LogP contribution in [0.25, 0.3) is 0 Å². The van der Waals surface area contributed by atoms with Gasteiger partial charge in [0.2, 0.25) is 0 Å². The number of anilines is 1. The van der Waals surface area contributed by atoms with E-state index in [0.29, 0.717) is 25.5 Å². The van der Waals surface area contributed by atoms with E-state index in [9.17, 15) is 31.2 Å². The Labute approximate surface area is 199 Å². The highest BCUT2D eigenvalue weighted by molar-refractivity contribution is 7.92. The molecule has 0 saturated carbocycles. The van der Waals surface area contributed by atoms with Gasteiger partial charge in [0.15, 0.2) is 0 Å². The van der Waals surface area contributed by atoms with E-state index >= 15 is 0 Å². The first kappa shape index (κ1) is 25.8. The number of nitrogens with one attached hydrogen (secondary N) is 1. The summed E-state index contributed by atoms with van der Waals surface area (Å²) in [5.41, 5.74) is -1.45. The molecular formula is C22H22ClF3N2O5S. The zero-order valence-corrected chi connectivity index (χ0v) is 19.6. The van der Waals surface area contributed by atoms with Crippen molar-refractivity contribution < 1.29 is 35.9 Å². The maximum Gasteiger partial charge on any atom is 0.416 e. The number of sulfonamides is 1. The minimum Gasteiger partial charge on any atom is -0.466 e. The second-order valence-electron chi connectivity index (χ2n) is 7.67. The van der Waals surface area contributed by atoms with Crippen molar-refractivity contribution in [1.29, 1.82) is 0 Å². The van der Waals surface area contributed by atoms with Gasteiger partial charge < -0.3 is 9.64 Å². The summed E-state index contributed by atoms with van der Waals surface area (Å²) in [7, 11) is -4.36. The normalized spacial score (nSPS) is 16.7. The van der Waals surface area contributed by atoms with Crippen molar-refractivity contribution in [3.05, 3.63) is 58.6 Å². The first-order chi connectivity index (χ1) is 15.9. The molecule has 0 radical (unpaired) electrons. The van der Waals surface area contributed by atoms with Crippen LogP contribution < -0.4 is 4.72 Å². The van der Waals surface area contributed by atoms with E-state index in [1.807, 2.05) is 0 Å². The first-order valence-electron chi connectivity index (χ1n) is 10.4. The summed E-state index contributed by atoms with van der Waals surface area (Å²) in [5, 5.41) is -0.220. The van der Waals surface area contributed by atoms with Crippen LogP contribution >= 0.6 is 11.6 Å². The fourth-order valence-electron chi connectivity index (χ4n) is 3.58. The lowest BCUT2D eigenvalue weighted by Gasteiger charge is -2.31. The van der Waals surface area contributed by atoms with Gasteiger partial charge in [-0.2, -0.15) is 13.2 Å². The van der Waals surface area contributed by atoms with Crippen molar-refractivity contribution in [2.24, 2.45) is 5.92 Å². The number of rotatable bonds is 6. The highest BCUT2D eigenvalue weighted by Gasteiger charge is 2.32. The summed E-state index contributed by atoms with van der Waals surface area (Å²) >= 11 is 5.89. The summed E-state index contributed by atoms with van der Waals surface area (Å²) in [4.78, 5) is 26.2. The summed E-state index contributed by atoms with van der Waals surface area (Å²) in [5.74, 6) is -1.32. The molecule has 1 fully saturated rings. The predicted octanol–water partition coefficient (Wildman–Crippen LogP) is 4.57. The average Bonchev–Trinajstić information content (AvgIpc) is 2.79. The maximum absolute atomic E-state index is 13.0. The molecule has 184 valence electrons. The molecule has 1 amide bonds. The lowest BCUT2D eigenvalue weighted by molar-refractivity contribution is -0.149. The van der Waals surface area contributed by atoms with Crippen LogP contribution in [0.4, 0.5) is 18.9 Å². The van der Waals surface area contributed by atoms with Crippen LogP contribution in [0.2, 0.25) is 5.02 Å². The Morgan fingerprint density at radius 1 is 1.21 bits per heavy atom. The summed E-state index contributed by atoms with van der Waals surface area (Å²) < 4.78 is 71.8. The third-order valence-corrected chi connectivity index (χ3v) is 6.95. The topological polar surface area (TPSA) is 92.8 Å². The van der Waals surface area contributed by atoms with Crippen LogP contribution in [-0.4, -0.2) is 44.9 Å². The molecular weight excluding hydrogens is 497 g/mol. The van der Waals surface area contributed by atoms with Crippen LogP contribution in [0, 0.1) is 5.92 Å². The van der Waals surface area contributed by atoms with Gasteiger partial charge >= 0.3 is 12.1 Å². The number of hydrogen-bond donors (Lipinski definition) is 1. The van der Waals surface area contributed by atoms with Crippen molar-refractivity contribution in [2.75, 3.05) is 24.4 Å². The van der Waals surface area contributed by atoms with Crippen molar-refractivity contribution in [1.82, 2.24) is 4.90 Å². The molecule has 2 aromatic rings. The van der Waals surface area contributed by atoms with Gasteiger partial charge in [-0.25, -0.2) is 8.42 Å². The van der Waals surface area contributed by atoms with E-state index < -0.39 is 45.2 Å². The van der Waals surface area contributed by atoms with Crippen molar-refractivity contribution >= 4 is 39.2 Å². The lowest BCUT2D eigenvalue weighted by atomic mass is 9.97. The number of carbonyl (C=O) groups excluding carboxylic acids is 2. The molecule has 0 bridgehead atoms. The summed E-state index contributed by atoms with van der Waals surface area (Å²) in [6.45, 7) is 2.46. The maximum atomic E-state index is 13.0. The number of piperidine rings is 1. The second-order valence-corrected chi connectivity index (χ2v) is 9.76. The monoisotopic (exact) mass is 518 g/mol. The SMILES string of the molecule is CCOC(=O)C1CCCN(C(=O)c2cccc(S(=O)(=O)Nc3cc(C(F)(F)F)ccc3Cl)c2)C1. The first-order valence-corrected chi connectivity index (χ1v) is 12.2. The largest absolute Gasteiger partial charge is 0.466 e. The van der Waals surface area contributed by atoms with E-state index in [1.54, 1.807) is 6.92 Å². The molecule has 2 aromatic carbocycles. The molecule has 0 aliphatic carbocycles. The number of amides is 1. The summed E-state index contributed by atoms with van der Waals surface area (Å²) in [6.07, 6.45) is -3.52. The Balaban J connectivity index is 1.82. The van der Waals surface area contributed by atoms with Crippen LogP contribution in [-0.2, 0) is 25.7 Å². The molecule has 34 heavy (non-hydrogen) atoms. The lowest BCUT2D eigenvalue weighted by Crippen LogP contribution is -2.42. The van der Waals surface area contributed by atoms with Crippen LogP contribution in [0.5, 0.6) is 0 Å². The molecule has 1 aliphatic heterocycles. The predicted molar refractivity (Wildman–Crippen MR) is 119 cm³/mol. The van der Waals surface area contributed by atoms with E-state index in [0.717, 1.165) is 18.2 Å². The minimum absolute atomic E-state index is 0.0579. The fourth-order valence-corrected chi connectivity index (χ4v) is 4.91. The zero-order chi connectivity index (χ0) is 25.1. The number of alkyl halides is 3. The molecule has 1 saturated heterocycles. The minimum atomic E-state index is -4.69. The third kappa shape index (κ3) is 6.01. The number of esters is 1. The second kappa shape index (κ2) is 10.2. The Kier molecular flexibility index (Phi) is 7.77. The quantitative estimate of drug-likeness (QED) is 0.565. The van der Waals surface area contributed by atoms with Crippen molar-refractivity contribution in [3.8, 4) is 0 Å². The molecule has 1 aliphatic rings. The van der Waals surface area contributed by atoms with Crippen molar-refractivity contribution in [3.63, 3.8) is 0 Å². The van der Waals surface area contributed by atoms with Crippen LogP contribution in [0.1, 0.15) is 35.7 Å². The third-order valence-electron chi connectivity index (χ3n) is 5.26. The number of carbonyl (C=O) groups is 2. The van der Waals surface area contributed by atoms with Gasteiger partial charge in [-0.3, -0.25) is 14.3 Å². The molecule has 3 rings (SSSR count). The molecule has 1 atom stereocenters. The van der Waals surface area contributed by atoms with Gasteiger partial charge in [0, 0.05) is 18.7 Å².